The lowest BCUT2D eigenvalue weighted by atomic mass is 10.0. The second-order valence-electron chi connectivity index (χ2n) is 6.46. The second-order valence-corrected chi connectivity index (χ2v) is 6.87. The fourth-order valence-corrected chi connectivity index (χ4v) is 3.56. The van der Waals surface area contributed by atoms with Gasteiger partial charge in [0.2, 0.25) is 0 Å². The van der Waals surface area contributed by atoms with Crippen LogP contribution in [-0.2, 0) is 9.47 Å². The van der Waals surface area contributed by atoms with Gasteiger partial charge in [0, 0.05) is 32.1 Å². The Hall–Kier alpha value is -2.15. The zero-order chi connectivity index (χ0) is 18.0. The molecule has 0 atom stereocenters. The standard InChI is InChI=1S/C19H20ClN3O3/c20-16-3-1-2-4-17(16)22-18(24)14-11-15(13-21-12-14)23-7-5-19(6-8-23)25-9-10-26-19/h1-4,11-13H,5-10H2,(H,22,24). The normalized spacial score (nSPS) is 18.9. The summed E-state index contributed by atoms with van der Waals surface area (Å²) in [6.45, 7) is 2.94. The third-order valence-corrected chi connectivity index (χ3v) is 5.14. The first-order chi connectivity index (χ1) is 12.7. The van der Waals surface area contributed by atoms with Gasteiger partial charge in [-0.15, -0.1) is 0 Å². The molecule has 0 radical (unpaired) electrons. The number of halogens is 1. The molecule has 1 N–H and O–H groups in total. The number of carbonyl (C=O) groups is 1. The molecule has 4 rings (SSSR count). The van der Waals surface area contributed by atoms with Crippen molar-refractivity contribution in [2.45, 2.75) is 18.6 Å². The predicted octanol–water partition coefficient (Wildman–Crippen LogP) is 3.33. The van der Waals surface area contributed by atoms with Crippen molar-refractivity contribution in [2.75, 3.05) is 36.5 Å². The fourth-order valence-electron chi connectivity index (χ4n) is 3.37. The maximum atomic E-state index is 12.5. The number of pyridine rings is 1. The van der Waals surface area contributed by atoms with Crippen molar-refractivity contribution in [3.05, 3.63) is 53.3 Å². The highest BCUT2D eigenvalue weighted by atomic mass is 35.5. The Bertz CT molecular complexity index is 798. The van der Waals surface area contributed by atoms with E-state index in [1.54, 1.807) is 24.5 Å². The average molecular weight is 374 g/mol. The molecule has 2 saturated heterocycles. The van der Waals surface area contributed by atoms with Crippen LogP contribution in [0.5, 0.6) is 0 Å². The van der Waals surface area contributed by atoms with Gasteiger partial charge in [0.25, 0.3) is 5.91 Å². The van der Waals surface area contributed by atoms with Gasteiger partial charge in [-0.1, -0.05) is 23.7 Å². The maximum absolute atomic E-state index is 12.5. The number of hydrogen-bond acceptors (Lipinski definition) is 5. The highest BCUT2D eigenvalue weighted by molar-refractivity contribution is 6.33. The van der Waals surface area contributed by atoms with E-state index in [4.69, 9.17) is 21.1 Å². The van der Waals surface area contributed by atoms with E-state index >= 15 is 0 Å². The molecule has 3 heterocycles. The van der Waals surface area contributed by atoms with E-state index in [2.05, 4.69) is 15.2 Å². The topological polar surface area (TPSA) is 63.7 Å². The number of anilines is 2. The first-order valence-corrected chi connectivity index (χ1v) is 9.07. The van der Waals surface area contributed by atoms with Crippen molar-refractivity contribution in [3.63, 3.8) is 0 Å². The molecule has 7 heteroatoms. The highest BCUT2D eigenvalue weighted by Gasteiger charge is 2.39. The van der Waals surface area contributed by atoms with E-state index in [1.807, 2.05) is 18.2 Å². The van der Waals surface area contributed by atoms with Crippen LogP contribution in [0.3, 0.4) is 0 Å². The highest BCUT2D eigenvalue weighted by Crippen LogP contribution is 2.33. The number of benzene rings is 1. The molecule has 2 aliphatic heterocycles. The van der Waals surface area contributed by atoms with Crippen molar-refractivity contribution >= 4 is 28.9 Å². The SMILES string of the molecule is O=C(Nc1ccccc1Cl)c1cncc(N2CCC3(CC2)OCCO3)c1. The molecule has 6 nitrogen and oxygen atoms in total. The van der Waals surface area contributed by atoms with Crippen molar-refractivity contribution in [3.8, 4) is 0 Å². The zero-order valence-electron chi connectivity index (χ0n) is 14.3. The van der Waals surface area contributed by atoms with Gasteiger partial charge < -0.3 is 19.7 Å². The molecule has 0 saturated carbocycles. The van der Waals surface area contributed by atoms with Crippen LogP contribution in [0.15, 0.2) is 42.7 Å². The number of carbonyl (C=O) groups excluding carboxylic acids is 1. The van der Waals surface area contributed by atoms with E-state index in [1.165, 1.54) is 0 Å². The predicted molar refractivity (Wildman–Crippen MR) is 99.7 cm³/mol. The average Bonchev–Trinajstić information content (AvgIpc) is 3.12. The van der Waals surface area contributed by atoms with Gasteiger partial charge in [0.05, 0.1) is 41.4 Å². The molecule has 26 heavy (non-hydrogen) atoms. The Kier molecular flexibility index (Phi) is 4.80. The number of ether oxygens (including phenoxy) is 2. The van der Waals surface area contributed by atoms with Crippen molar-refractivity contribution in [1.82, 2.24) is 4.98 Å². The number of nitrogens with zero attached hydrogens (tertiary/aromatic N) is 2. The zero-order valence-corrected chi connectivity index (χ0v) is 15.0. The third kappa shape index (κ3) is 3.53. The van der Waals surface area contributed by atoms with Crippen molar-refractivity contribution in [2.24, 2.45) is 0 Å². The molecule has 2 fully saturated rings. The van der Waals surface area contributed by atoms with Crippen LogP contribution in [0, 0.1) is 0 Å². The van der Waals surface area contributed by atoms with Gasteiger partial charge in [-0.2, -0.15) is 0 Å². The molecule has 0 aliphatic carbocycles. The van der Waals surface area contributed by atoms with Gasteiger partial charge in [-0.05, 0) is 18.2 Å². The van der Waals surface area contributed by atoms with E-state index in [0.29, 0.717) is 29.5 Å². The summed E-state index contributed by atoms with van der Waals surface area (Å²) in [6.07, 6.45) is 4.96. The lowest BCUT2D eigenvalue weighted by Gasteiger charge is -2.38. The van der Waals surface area contributed by atoms with Crippen LogP contribution < -0.4 is 10.2 Å². The minimum atomic E-state index is -0.414. The smallest absolute Gasteiger partial charge is 0.257 e. The van der Waals surface area contributed by atoms with Gasteiger partial charge in [-0.3, -0.25) is 9.78 Å². The molecule has 1 aromatic carbocycles. The molecule has 2 aromatic rings. The van der Waals surface area contributed by atoms with Gasteiger partial charge in [0.1, 0.15) is 0 Å². The van der Waals surface area contributed by atoms with Crippen molar-refractivity contribution < 1.29 is 14.3 Å². The third-order valence-electron chi connectivity index (χ3n) is 4.81. The maximum Gasteiger partial charge on any atom is 0.257 e. The molecule has 1 amide bonds. The van der Waals surface area contributed by atoms with Crippen LogP contribution in [0.25, 0.3) is 0 Å². The Morgan fingerprint density at radius 2 is 1.88 bits per heavy atom. The quantitative estimate of drug-likeness (QED) is 0.894. The lowest BCUT2D eigenvalue weighted by molar-refractivity contribution is -0.169. The largest absolute Gasteiger partial charge is 0.370 e. The Morgan fingerprint density at radius 3 is 2.62 bits per heavy atom. The first-order valence-electron chi connectivity index (χ1n) is 8.69. The number of piperidine rings is 1. The van der Waals surface area contributed by atoms with Crippen LogP contribution >= 0.6 is 11.6 Å². The van der Waals surface area contributed by atoms with Gasteiger partial charge in [0.15, 0.2) is 5.79 Å². The van der Waals surface area contributed by atoms with Crippen LogP contribution in [0.4, 0.5) is 11.4 Å². The number of aromatic nitrogens is 1. The number of hydrogen-bond donors (Lipinski definition) is 1. The number of nitrogens with one attached hydrogen (secondary N) is 1. The summed E-state index contributed by atoms with van der Waals surface area (Å²) >= 11 is 6.11. The fraction of sp³-hybridized carbons (Fsp3) is 0.368. The summed E-state index contributed by atoms with van der Waals surface area (Å²) in [5, 5.41) is 3.33. The molecule has 1 aromatic heterocycles. The summed E-state index contributed by atoms with van der Waals surface area (Å²) < 4.78 is 11.5. The van der Waals surface area contributed by atoms with Crippen LogP contribution in [0.1, 0.15) is 23.2 Å². The molecule has 0 unspecified atom stereocenters. The summed E-state index contributed by atoms with van der Waals surface area (Å²) in [5.74, 6) is -0.647. The van der Waals surface area contributed by atoms with Crippen LogP contribution in [-0.4, -0.2) is 43.0 Å². The van der Waals surface area contributed by atoms with Gasteiger partial charge in [-0.25, -0.2) is 0 Å². The molecular weight excluding hydrogens is 354 g/mol. The minimum Gasteiger partial charge on any atom is -0.370 e. The second kappa shape index (κ2) is 7.23. The van der Waals surface area contributed by atoms with Crippen LogP contribution in [0.2, 0.25) is 5.02 Å². The lowest BCUT2D eigenvalue weighted by Crippen LogP contribution is -2.45. The Labute approximate surface area is 157 Å². The van der Waals surface area contributed by atoms with E-state index in [-0.39, 0.29) is 5.91 Å². The molecule has 2 aliphatic rings. The molecule has 0 bridgehead atoms. The van der Waals surface area contributed by atoms with E-state index in [9.17, 15) is 4.79 Å². The number of rotatable bonds is 3. The van der Waals surface area contributed by atoms with E-state index in [0.717, 1.165) is 31.6 Å². The monoisotopic (exact) mass is 373 g/mol. The minimum absolute atomic E-state index is 0.233. The molecule has 136 valence electrons. The summed E-state index contributed by atoms with van der Waals surface area (Å²) in [6, 6.07) is 9.01. The number of para-hydroxylation sites is 1. The first kappa shape index (κ1) is 17.3. The number of amides is 1. The van der Waals surface area contributed by atoms with Gasteiger partial charge >= 0.3 is 0 Å². The Morgan fingerprint density at radius 1 is 1.15 bits per heavy atom. The molecular formula is C19H20ClN3O3. The summed E-state index contributed by atoms with van der Waals surface area (Å²) in [4.78, 5) is 19.0. The summed E-state index contributed by atoms with van der Waals surface area (Å²) in [5.41, 5.74) is 2.00. The molecule has 1 spiro atoms. The summed E-state index contributed by atoms with van der Waals surface area (Å²) in [7, 11) is 0. The Balaban J connectivity index is 1.45. The van der Waals surface area contributed by atoms with Crippen molar-refractivity contribution in [1.29, 1.82) is 0 Å². The van der Waals surface area contributed by atoms with E-state index < -0.39 is 5.79 Å².